The van der Waals surface area contributed by atoms with Crippen LogP contribution in [0.25, 0.3) is 10.8 Å². The summed E-state index contributed by atoms with van der Waals surface area (Å²) in [5, 5.41) is 5.55. The summed E-state index contributed by atoms with van der Waals surface area (Å²) in [4.78, 5) is 14.3. The smallest absolute Gasteiger partial charge is 0.407 e. The van der Waals surface area contributed by atoms with Crippen LogP contribution in [0, 0.1) is 0 Å². The number of nitrogens with one attached hydrogen (secondary N) is 1. The molecule has 1 amide bonds. The van der Waals surface area contributed by atoms with Crippen molar-refractivity contribution in [1.82, 2.24) is 5.32 Å². The fourth-order valence-electron chi connectivity index (χ4n) is 3.22. The topological polar surface area (TPSA) is 41.6 Å². The largest absolute Gasteiger partial charge is 0.444 e. The van der Waals surface area contributed by atoms with E-state index < -0.39 is 5.60 Å². The molecule has 4 nitrogen and oxygen atoms in total. The minimum Gasteiger partial charge on any atom is -0.444 e. The Morgan fingerprint density at radius 3 is 2.46 bits per heavy atom. The zero-order valence-corrected chi connectivity index (χ0v) is 14.7. The molecule has 1 aliphatic rings. The number of hydrogen-bond acceptors (Lipinski definition) is 3. The molecule has 1 N–H and O–H groups in total. The van der Waals surface area contributed by atoms with Crippen LogP contribution in [0.5, 0.6) is 0 Å². The molecule has 0 spiro atoms. The lowest BCUT2D eigenvalue weighted by molar-refractivity contribution is 0.0497. The van der Waals surface area contributed by atoms with E-state index in [0.29, 0.717) is 0 Å². The number of rotatable bonds is 2. The normalized spacial score (nSPS) is 16.2. The Kier molecular flexibility index (Phi) is 4.65. The van der Waals surface area contributed by atoms with Crippen molar-refractivity contribution in [2.24, 2.45) is 0 Å². The van der Waals surface area contributed by atoms with Gasteiger partial charge in [-0.1, -0.05) is 36.4 Å². The molecule has 1 aliphatic heterocycles. The van der Waals surface area contributed by atoms with Crippen molar-refractivity contribution in [2.45, 2.75) is 45.3 Å². The van der Waals surface area contributed by atoms with Gasteiger partial charge in [-0.05, 0) is 45.1 Å². The summed E-state index contributed by atoms with van der Waals surface area (Å²) in [6.45, 7) is 7.53. The first-order valence-corrected chi connectivity index (χ1v) is 8.64. The number of amides is 1. The van der Waals surface area contributed by atoms with Crippen LogP contribution < -0.4 is 10.2 Å². The van der Waals surface area contributed by atoms with E-state index in [1.54, 1.807) is 0 Å². The van der Waals surface area contributed by atoms with Crippen LogP contribution >= 0.6 is 0 Å². The van der Waals surface area contributed by atoms with E-state index in [2.05, 4.69) is 52.7 Å². The molecule has 4 heteroatoms. The molecule has 0 bridgehead atoms. The Morgan fingerprint density at radius 1 is 1.08 bits per heavy atom. The first-order valence-electron chi connectivity index (χ1n) is 8.64. The number of hydrogen-bond donors (Lipinski definition) is 1. The maximum atomic E-state index is 11.9. The third-order valence-corrected chi connectivity index (χ3v) is 4.32. The van der Waals surface area contributed by atoms with Crippen molar-refractivity contribution >= 4 is 22.6 Å². The zero-order chi connectivity index (χ0) is 17.2. The van der Waals surface area contributed by atoms with Gasteiger partial charge < -0.3 is 15.0 Å². The van der Waals surface area contributed by atoms with Crippen LogP contribution in [0.4, 0.5) is 10.5 Å². The molecule has 0 atom stereocenters. The van der Waals surface area contributed by atoms with Crippen LogP contribution in [0.3, 0.4) is 0 Å². The summed E-state index contributed by atoms with van der Waals surface area (Å²) >= 11 is 0. The van der Waals surface area contributed by atoms with Gasteiger partial charge in [0.05, 0.1) is 0 Å². The number of nitrogens with zero attached hydrogens (tertiary/aromatic N) is 1. The van der Waals surface area contributed by atoms with E-state index in [1.165, 1.54) is 16.5 Å². The van der Waals surface area contributed by atoms with Gasteiger partial charge >= 0.3 is 6.09 Å². The number of anilines is 1. The Balaban J connectivity index is 1.62. The Bertz CT molecular complexity index is 708. The third-order valence-electron chi connectivity index (χ3n) is 4.32. The molecule has 24 heavy (non-hydrogen) atoms. The highest BCUT2D eigenvalue weighted by atomic mass is 16.6. The monoisotopic (exact) mass is 326 g/mol. The molecule has 3 rings (SSSR count). The Hall–Kier alpha value is -2.23. The van der Waals surface area contributed by atoms with E-state index in [9.17, 15) is 4.79 Å². The molecule has 0 aromatic heterocycles. The minimum atomic E-state index is -0.451. The number of ether oxygens (including phenoxy) is 1. The van der Waals surface area contributed by atoms with Crippen molar-refractivity contribution in [3.8, 4) is 0 Å². The van der Waals surface area contributed by atoms with Gasteiger partial charge in [-0.2, -0.15) is 0 Å². The molecule has 2 aromatic carbocycles. The van der Waals surface area contributed by atoms with Crippen LogP contribution in [-0.4, -0.2) is 30.8 Å². The average Bonchev–Trinajstić information content (AvgIpc) is 2.53. The molecule has 0 radical (unpaired) electrons. The molecular weight excluding hydrogens is 300 g/mol. The second-order valence-electron chi connectivity index (χ2n) is 7.41. The molecular formula is C20H26N2O2. The number of alkyl carbamates (subject to hydrolysis) is 1. The SMILES string of the molecule is CC(C)(C)OC(=O)NC1CCN(c2cccc3ccccc23)CC1. The lowest BCUT2D eigenvalue weighted by Crippen LogP contribution is -2.46. The second-order valence-corrected chi connectivity index (χ2v) is 7.41. The predicted molar refractivity (Wildman–Crippen MR) is 98.6 cm³/mol. The summed E-state index contributed by atoms with van der Waals surface area (Å²) in [6, 6.07) is 15.1. The number of piperidine rings is 1. The Labute approximate surface area is 143 Å². The van der Waals surface area contributed by atoms with Crippen LogP contribution in [0.1, 0.15) is 33.6 Å². The maximum Gasteiger partial charge on any atom is 0.407 e. The quantitative estimate of drug-likeness (QED) is 0.893. The van der Waals surface area contributed by atoms with E-state index >= 15 is 0 Å². The Morgan fingerprint density at radius 2 is 1.75 bits per heavy atom. The van der Waals surface area contributed by atoms with Gasteiger partial charge in [0.1, 0.15) is 5.60 Å². The number of fused-ring (bicyclic) bond motifs is 1. The summed E-state index contributed by atoms with van der Waals surface area (Å²) in [5.41, 5.74) is 0.831. The third kappa shape index (κ3) is 3.99. The van der Waals surface area contributed by atoms with Crippen molar-refractivity contribution in [1.29, 1.82) is 0 Å². The van der Waals surface area contributed by atoms with Crippen LogP contribution in [0.15, 0.2) is 42.5 Å². The van der Waals surface area contributed by atoms with Gasteiger partial charge in [0.25, 0.3) is 0 Å². The molecule has 1 heterocycles. The molecule has 128 valence electrons. The molecule has 2 aromatic rings. The molecule has 0 saturated carbocycles. The van der Waals surface area contributed by atoms with E-state index in [1.807, 2.05) is 20.8 Å². The molecule has 0 aliphatic carbocycles. The molecule has 0 unspecified atom stereocenters. The molecule has 1 fully saturated rings. The van der Waals surface area contributed by atoms with E-state index in [-0.39, 0.29) is 12.1 Å². The van der Waals surface area contributed by atoms with Crippen molar-refractivity contribution in [3.63, 3.8) is 0 Å². The van der Waals surface area contributed by atoms with Crippen molar-refractivity contribution in [3.05, 3.63) is 42.5 Å². The fraction of sp³-hybridized carbons (Fsp3) is 0.450. The van der Waals surface area contributed by atoms with Gasteiger partial charge in [-0.3, -0.25) is 0 Å². The minimum absolute atomic E-state index is 0.186. The second kappa shape index (κ2) is 6.71. The highest BCUT2D eigenvalue weighted by Gasteiger charge is 2.24. The highest BCUT2D eigenvalue weighted by molar-refractivity contribution is 5.94. The molecule has 1 saturated heterocycles. The number of carbonyl (C=O) groups excluding carboxylic acids is 1. The van der Waals surface area contributed by atoms with Gasteiger partial charge in [0.2, 0.25) is 0 Å². The summed E-state index contributed by atoms with van der Waals surface area (Å²) in [7, 11) is 0. The number of carbonyl (C=O) groups is 1. The lowest BCUT2D eigenvalue weighted by Gasteiger charge is -2.35. The van der Waals surface area contributed by atoms with Gasteiger partial charge in [-0.15, -0.1) is 0 Å². The fourth-order valence-corrected chi connectivity index (χ4v) is 3.22. The summed E-state index contributed by atoms with van der Waals surface area (Å²) in [5.74, 6) is 0. The van der Waals surface area contributed by atoms with Gasteiger partial charge in [0, 0.05) is 30.2 Å². The first-order chi connectivity index (χ1) is 11.4. The van der Waals surface area contributed by atoms with Crippen molar-refractivity contribution < 1.29 is 9.53 Å². The summed E-state index contributed by atoms with van der Waals surface area (Å²) < 4.78 is 5.35. The number of benzene rings is 2. The van der Waals surface area contributed by atoms with E-state index in [4.69, 9.17) is 4.74 Å². The standard InChI is InChI=1S/C20H26N2O2/c1-20(2,3)24-19(23)21-16-11-13-22(14-12-16)18-10-6-8-15-7-4-5-9-17(15)18/h4-10,16H,11-14H2,1-3H3,(H,21,23). The first kappa shape index (κ1) is 16.6. The predicted octanol–water partition coefficient (Wildman–Crippen LogP) is 4.33. The summed E-state index contributed by atoms with van der Waals surface area (Å²) in [6.07, 6.45) is 1.55. The van der Waals surface area contributed by atoms with Crippen LogP contribution in [0.2, 0.25) is 0 Å². The zero-order valence-electron chi connectivity index (χ0n) is 14.7. The highest BCUT2D eigenvalue weighted by Crippen LogP contribution is 2.28. The van der Waals surface area contributed by atoms with Gasteiger partial charge in [-0.25, -0.2) is 4.79 Å². The maximum absolute atomic E-state index is 11.9. The average molecular weight is 326 g/mol. The van der Waals surface area contributed by atoms with Crippen molar-refractivity contribution in [2.75, 3.05) is 18.0 Å². The van der Waals surface area contributed by atoms with Gasteiger partial charge in [0.15, 0.2) is 0 Å². The lowest BCUT2D eigenvalue weighted by atomic mass is 10.0. The van der Waals surface area contributed by atoms with Crippen LogP contribution in [-0.2, 0) is 4.74 Å². The van der Waals surface area contributed by atoms with E-state index in [0.717, 1.165) is 25.9 Å².